The van der Waals surface area contributed by atoms with Gasteiger partial charge < -0.3 is 10.8 Å². The Hall–Kier alpha value is -1.11. The Labute approximate surface area is 107 Å². The first-order valence-corrected chi connectivity index (χ1v) is 7.32. The number of hydrogen-bond acceptors (Lipinski definition) is 4. The minimum Gasteiger partial charge on any atom is -0.397 e. The van der Waals surface area contributed by atoms with Crippen molar-refractivity contribution in [3.8, 4) is 0 Å². The molecule has 6 heteroatoms. The monoisotopic (exact) mass is 270 g/mol. The highest BCUT2D eigenvalue weighted by atomic mass is 32.2. The van der Waals surface area contributed by atoms with Gasteiger partial charge in [-0.05, 0) is 31.4 Å². The van der Waals surface area contributed by atoms with Gasteiger partial charge >= 0.3 is 0 Å². The van der Waals surface area contributed by atoms with Crippen LogP contribution in [0.25, 0.3) is 0 Å². The fourth-order valence-corrected chi connectivity index (χ4v) is 4.09. The topological polar surface area (TPSA) is 83.6 Å². The molecular weight excluding hydrogens is 252 g/mol. The molecule has 1 aliphatic heterocycles. The summed E-state index contributed by atoms with van der Waals surface area (Å²) in [5.74, 6) is 0. The quantitative estimate of drug-likeness (QED) is 0.773. The van der Waals surface area contributed by atoms with E-state index < -0.39 is 16.1 Å². The van der Waals surface area contributed by atoms with E-state index in [2.05, 4.69) is 0 Å². The standard InChI is InChI=1S/C12H18N2O3S/c1-8-3-4-9(2)12(11(8)13)18(16,17)14-6-5-10(15)7-14/h3-4,10,15H,5-7,13H2,1-2H3/t10-/m1/s1. The molecule has 0 saturated carbocycles. The maximum atomic E-state index is 12.5. The Morgan fingerprint density at radius 1 is 1.33 bits per heavy atom. The zero-order valence-corrected chi connectivity index (χ0v) is 11.4. The highest BCUT2D eigenvalue weighted by Crippen LogP contribution is 2.30. The smallest absolute Gasteiger partial charge is 0.245 e. The van der Waals surface area contributed by atoms with Gasteiger partial charge in [0, 0.05) is 13.1 Å². The van der Waals surface area contributed by atoms with E-state index in [4.69, 9.17) is 5.73 Å². The zero-order chi connectivity index (χ0) is 13.5. The number of aliphatic hydroxyl groups is 1. The third-order valence-corrected chi connectivity index (χ3v) is 5.40. The molecule has 1 fully saturated rings. The molecule has 100 valence electrons. The Bertz CT molecular complexity index is 569. The largest absolute Gasteiger partial charge is 0.397 e. The third-order valence-electron chi connectivity index (χ3n) is 3.33. The normalized spacial score (nSPS) is 21.4. The zero-order valence-electron chi connectivity index (χ0n) is 10.5. The van der Waals surface area contributed by atoms with Crippen molar-refractivity contribution in [2.24, 2.45) is 0 Å². The Kier molecular flexibility index (Phi) is 3.35. The lowest BCUT2D eigenvalue weighted by atomic mass is 10.1. The van der Waals surface area contributed by atoms with Crippen molar-refractivity contribution in [2.45, 2.75) is 31.3 Å². The highest BCUT2D eigenvalue weighted by Gasteiger charge is 2.34. The first-order valence-electron chi connectivity index (χ1n) is 5.88. The molecule has 1 aliphatic rings. The van der Waals surface area contributed by atoms with Crippen LogP contribution < -0.4 is 5.73 Å². The molecule has 0 spiro atoms. The van der Waals surface area contributed by atoms with Crippen molar-refractivity contribution < 1.29 is 13.5 Å². The molecule has 0 aromatic heterocycles. The lowest BCUT2D eigenvalue weighted by Crippen LogP contribution is -2.31. The van der Waals surface area contributed by atoms with E-state index in [1.807, 2.05) is 6.07 Å². The maximum Gasteiger partial charge on any atom is 0.245 e. The number of anilines is 1. The molecule has 0 unspecified atom stereocenters. The summed E-state index contributed by atoms with van der Waals surface area (Å²) in [6.45, 7) is 4.01. The molecule has 2 rings (SSSR count). The number of rotatable bonds is 2. The van der Waals surface area contributed by atoms with Gasteiger partial charge in [-0.1, -0.05) is 12.1 Å². The summed E-state index contributed by atoms with van der Waals surface area (Å²) in [5, 5.41) is 9.47. The summed E-state index contributed by atoms with van der Waals surface area (Å²) in [6.07, 6.45) is -0.101. The van der Waals surface area contributed by atoms with Crippen LogP contribution >= 0.6 is 0 Å². The van der Waals surface area contributed by atoms with E-state index in [-0.39, 0.29) is 11.4 Å². The van der Waals surface area contributed by atoms with Gasteiger partial charge in [0.1, 0.15) is 4.90 Å². The molecule has 5 nitrogen and oxygen atoms in total. The van der Waals surface area contributed by atoms with Crippen LogP contribution in [-0.4, -0.2) is 37.0 Å². The Balaban J connectivity index is 2.51. The molecule has 0 amide bonds. The van der Waals surface area contributed by atoms with Crippen molar-refractivity contribution in [1.29, 1.82) is 0 Å². The second-order valence-electron chi connectivity index (χ2n) is 4.75. The summed E-state index contributed by atoms with van der Waals surface area (Å²) in [7, 11) is -3.61. The lowest BCUT2D eigenvalue weighted by molar-refractivity contribution is 0.189. The number of sulfonamides is 1. The molecule has 1 aromatic carbocycles. The van der Waals surface area contributed by atoms with Crippen LogP contribution in [0, 0.1) is 13.8 Å². The van der Waals surface area contributed by atoms with Crippen LogP contribution in [0.15, 0.2) is 17.0 Å². The molecule has 1 heterocycles. The number of hydrogen-bond donors (Lipinski definition) is 2. The summed E-state index contributed by atoms with van der Waals surface area (Å²) in [5.41, 5.74) is 7.59. The predicted octanol–water partition coefficient (Wildman–Crippen LogP) is 0.641. The minimum absolute atomic E-state index is 0.148. The van der Waals surface area contributed by atoms with E-state index in [1.54, 1.807) is 19.9 Å². The number of benzene rings is 1. The average Bonchev–Trinajstić information content (AvgIpc) is 2.71. The van der Waals surface area contributed by atoms with Crippen LogP contribution in [0.1, 0.15) is 17.5 Å². The summed E-state index contributed by atoms with van der Waals surface area (Å²) in [4.78, 5) is 0.177. The fourth-order valence-electron chi connectivity index (χ4n) is 2.21. The van der Waals surface area contributed by atoms with Crippen molar-refractivity contribution in [2.75, 3.05) is 18.8 Å². The summed E-state index contributed by atoms with van der Waals surface area (Å²) >= 11 is 0. The molecule has 18 heavy (non-hydrogen) atoms. The number of nitrogens with zero attached hydrogens (tertiary/aromatic N) is 1. The van der Waals surface area contributed by atoms with E-state index in [0.29, 0.717) is 24.2 Å². The number of aryl methyl sites for hydroxylation is 2. The first-order chi connectivity index (χ1) is 8.34. The van der Waals surface area contributed by atoms with Gasteiger partial charge in [-0.15, -0.1) is 0 Å². The van der Waals surface area contributed by atoms with Gasteiger partial charge in [-0.25, -0.2) is 8.42 Å². The highest BCUT2D eigenvalue weighted by molar-refractivity contribution is 7.89. The maximum absolute atomic E-state index is 12.5. The van der Waals surface area contributed by atoms with Crippen molar-refractivity contribution in [3.63, 3.8) is 0 Å². The molecule has 1 aromatic rings. The number of β-amino-alcohol motifs (C(OH)–C–C–N with tert-alkyl or cyclic N) is 1. The SMILES string of the molecule is Cc1ccc(C)c(S(=O)(=O)N2CC[C@@H](O)C2)c1N. The third kappa shape index (κ3) is 2.11. The van der Waals surface area contributed by atoms with Crippen LogP contribution in [0.4, 0.5) is 5.69 Å². The van der Waals surface area contributed by atoms with E-state index in [1.165, 1.54) is 4.31 Å². The van der Waals surface area contributed by atoms with Crippen LogP contribution in [0.5, 0.6) is 0 Å². The Morgan fingerprint density at radius 2 is 1.94 bits per heavy atom. The molecule has 0 bridgehead atoms. The fraction of sp³-hybridized carbons (Fsp3) is 0.500. The van der Waals surface area contributed by atoms with Gasteiger partial charge in [0.15, 0.2) is 0 Å². The van der Waals surface area contributed by atoms with Gasteiger partial charge in [0.2, 0.25) is 10.0 Å². The van der Waals surface area contributed by atoms with Crippen LogP contribution in [0.2, 0.25) is 0 Å². The molecular formula is C12H18N2O3S. The molecule has 1 atom stereocenters. The molecule has 0 radical (unpaired) electrons. The van der Waals surface area contributed by atoms with Gasteiger partial charge in [-0.2, -0.15) is 4.31 Å². The van der Waals surface area contributed by atoms with Gasteiger partial charge in [-0.3, -0.25) is 0 Å². The molecule has 1 saturated heterocycles. The predicted molar refractivity (Wildman–Crippen MR) is 69.7 cm³/mol. The van der Waals surface area contributed by atoms with E-state index in [0.717, 1.165) is 5.56 Å². The number of nitrogens with two attached hydrogens (primary N) is 1. The first kappa shape index (κ1) is 13.3. The van der Waals surface area contributed by atoms with Crippen LogP contribution in [0.3, 0.4) is 0 Å². The Morgan fingerprint density at radius 3 is 2.50 bits per heavy atom. The van der Waals surface area contributed by atoms with E-state index >= 15 is 0 Å². The molecule has 3 N–H and O–H groups in total. The van der Waals surface area contributed by atoms with Crippen molar-refractivity contribution >= 4 is 15.7 Å². The molecule has 0 aliphatic carbocycles. The lowest BCUT2D eigenvalue weighted by Gasteiger charge is -2.19. The van der Waals surface area contributed by atoms with Crippen LogP contribution in [-0.2, 0) is 10.0 Å². The van der Waals surface area contributed by atoms with Gasteiger partial charge in [0.25, 0.3) is 0 Å². The average molecular weight is 270 g/mol. The second kappa shape index (κ2) is 4.53. The minimum atomic E-state index is -3.61. The number of nitrogen functional groups attached to an aromatic ring is 1. The number of aliphatic hydroxyl groups excluding tert-OH is 1. The van der Waals surface area contributed by atoms with E-state index in [9.17, 15) is 13.5 Å². The summed E-state index contributed by atoms with van der Waals surface area (Å²) < 4.78 is 26.3. The van der Waals surface area contributed by atoms with Gasteiger partial charge in [0.05, 0.1) is 11.8 Å². The van der Waals surface area contributed by atoms with Crippen molar-refractivity contribution in [1.82, 2.24) is 4.31 Å². The second-order valence-corrected chi connectivity index (χ2v) is 6.62. The van der Waals surface area contributed by atoms with Crippen molar-refractivity contribution in [3.05, 3.63) is 23.3 Å². The summed E-state index contributed by atoms with van der Waals surface area (Å²) in [6, 6.07) is 3.56.